The summed E-state index contributed by atoms with van der Waals surface area (Å²) in [7, 11) is 0. The predicted octanol–water partition coefficient (Wildman–Crippen LogP) is 3.06. The van der Waals surface area contributed by atoms with Gasteiger partial charge in [-0.15, -0.1) is 10.2 Å². The third-order valence-electron chi connectivity index (χ3n) is 4.50. The molecule has 24 heavy (non-hydrogen) atoms. The number of likely N-dealkylation sites (tertiary alicyclic amines) is 1. The van der Waals surface area contributed by atoms with Gasteiger partial charge in [0.2, 0.25) is 17.7 Å². The Morgan fingerprint density at radius 3 is 2.88 bits per heavy atom. The Hall–Kier alpha value is -2.50. The van der Waals surface area contributed by atoms with Crippen molar-refractivity contribution in [2.45, 2.75) is 45.6 Å². The molecule has 1 aliphatic rings. The standard InChI is InChI=1S/C18H22N4O2/c1-12-6-7-15(19-11-12)8-9-17-20-21-18(24-17)16-5-4-10-22(13(16)2)14(3)23/h6-9,11,13,16H,4-5,10H2,1-3H3/b9-8+/t13-,16-/m0/s1. The number of hydrogen-bond acceptors (Lipinski definition) is 5. The van der Waals surface area contributed by atoms with Gasteiger partial charge in [-0.1, -0.05) is 6.07 Å². The highest BCUT2D eigenvalue weighted by molar-refractivity contribution is 5.73. The second kappa shape index (κ2) is 6.95. The zero-order chi connectivity index (χ0) is 17.1. The van der Waals surface area contributed by atoms with Crippen LogP contribution in [-0.4, -0.2) is 38.6 Å². The van der Waals surface area contributed by atoms with E-state index >= 15 is 0 Å². The van der Waals surface area contributed by atoms with Gasteiger partial charge >= 0.3 is 0 Å². The SMILES string of the molecule is CC(=O)N1CCC[C@H](c2nnc(/C=C/c3ccc(C)cn3)o2)[C@@H]1C. The molecule has 1 aliphatic heterocycles. The van der Waals surface area contributed by atoms with Crippen LogP contribution in [0.25, 0.3) is 12.2 Å². The summed E-state index contributed by atoms with van der Waals surface area (Å²) in [5.41, 5.74) is 1.96. The summed E-state index contributed by atoms with van der Waals surface area (Å²) in [4.78, 5) is 17.9. The van der Waals surface area contributed by atoms with Crippen molar-refractivity contribution < 1.29 is 9.21 Å². The predicted molar refractivity (Wildman–Crippen MR) is 91.0 cm³/mol. The number of aromatic nitrogens is 3. The molecule has 1 amide bonds. The fourth-order valence-electron chi connectivity index (χ4n) is 3.12. The number of amides is 1. The maximum absolute atomic E-state index is 11.7. The summed E-state index contributed by atoms with van der Waals surface area (Å²) in [5, 5.41) is 8.28. The Kier molecular flexibility index (Phi) is 4.74. The van der Waals surface area contributed by atoms with Gasteiger partial charge in [0.25, 0.3) is 0 Å². The zero-order valence-electron chi connectivity index (χ0n) is 14.3. The summed E-state index contributed by atoms with van der Waals surface area (Å²) >= 11 is 0. The van der Waals surface area contributed by atoms with E-state index in [1.807, 2.05) is 43.2 Å². The van der Waals surface area contributed by atoms with E-state index in [0.717, 1.165) is 30.6 Å². The third kappa shape index (κ3) is 3.53. The number of nitrogens with zero attached hydrogens (tertiary/aromatic N) is 4. The first kappa shape index (κ1) is 16.4. The molecule has 1 fully saturated rings. The maximum atomic E-state index is 11.7. The minimum absolute atomic E-state index is 0.0762. The molecule has 2 aromatic heterocycles. The Labute approximate surface area is 141 Å². The van der Waals surface area contributed by atoms with Crippen molar-refractivity contribution in [3.8, 4) is 0 Å². The van der Waals surface area contributed by atoms with Gasteiger partial charge in [-0.25, -0.2) is 0 Å². The lowest BCUT2D eigenvalue weighted by Gasteiger charge is -2.37. The van der Waals surface area contributed by atoms with Crippen molar-refractivity contribution in [3.05, 3.63) is 41.4 Å². The molecule has 126 valence electrons. The van der Waals surface area contributed by atoms with Gasteiger partial charge in [0.1, 0.15) is 0 Å². The molecule has 0 radical (unpaired) electrons. The zero-order valence-corrected chi connectivity index (χ0v) is 14.3. The van der Waals surface area contributed by atoms with Crippen molar-refractivity contribution in [1.82, 2.24) is 20.1 Å². The first-order chi connectivity index (χ1) is 11.5. The van der Waals surface area contributed by atoms with E-state index in [-0.39, 0.29) is 17.9 Å². The van der Waals surface area contributed by atoms with E-state index in [0.29, 0.717) is 11.8 Å². The summed E-state index contributed by atoms with van der Waals surface area (Å²) < 4.78 is 5.79. The lowest BCUT2D eigenvalue weighted by atomic mass is 9.90. The number of carbonyl (C=O) groups is 1. The molecular weight excluding hydrogens is 304 g/mol. The van der Waals surface area contributed by atoms with E-state index in [1.165, 1.54) is 0 Å². The van der Waals surface area contributed by atoms with Crippen LogP contribution in [0.5, 0.6) is 0 Å². The largest absolute Gasteiger partial charge is 0.421 e. The van der Waals surface area contributed by atoms with Gasteiger partial charge < -0.3 is 9.32 Å². The minimum Gasteiger partial charge on any atom is -0.421 e. The smallest absolute Gasteiger partial charge is 0.240 e. The van der Waals surface area contributed by atoms with Gasteiger partial charge in [-0.05, 0) is 44.4 Å². The van der Waals surface area contributed by atoms with E-state index in [1.54, 1.807) is 13.0 Å². The Balaban J connectivity index is 1.73. The second-order valence-electron chi connectivity index (χ2n) is 6.27. The van der Waals surface area contributed by atoms with Crippen molar-refractivity contribution in [3.63, 3.8) is 0 Å². The van der Waals surface area contributed by atoms with Crippen LogP contribution in [0.15, 0.2) is 22.7 Å². The van der Waals surface area contributed by atoms with Crippen molar-refractivity contribution in [2.24, 2.45) is 0 Å². The van der Waals surface area contributed by atoms with Gasteiger partial charge in [-0.2, -0.15) is 0 Å². The summed E-state index contributed by atoms with van der Waals surface area (Å²) in [6, 6.07) is 4.02. The van der Waals surface area contributed by atoms with Crippen LogP contribution in [0.2, 0.25) is 0 Å². The highest BCUT2D eigenvalue weighted by Crippen LogP contribution is 2.31. The van der Waals surface area contributed by atoms with Gasteiger partial charge in [-0.3, -0.25) is 9.78 Å². The number of carbonyl (C=O) groups excluding carboxylic acids is 1. The fraction of sp³-hybridized carbons (Fsp3) is 0.444. The molecule has 2 atom stereocenters. The van der Waals surface area contributed by atoms with Gasteiger partial charge in [0.15, 0.2) is 0 Å². The molecule has 3 rings (SSSR count). The quantitative estimate of drug-likeness (QED) is 0.867. The highest BCUT2D eigenvalue weighted by atomic mass is 16.4. The van der Waals surface area contributed by atoms with E-state index in [9.17, 15) is 4.79 Å². The molecule has 0 unspecified atom stereocenters. The topological polar surface area (TPSA) is 72.1 Å². The molecular formula is C18H22N4O2. The van der Waals surface area contributed by atoms with E-state index in [4.69, 9.17) is 4.42 Å². The highest BCUT2D eigenvalue weighted by Gasteiger charge is 2.33. The summed E-state index contributed by atoms with van der Waals surface area (Å²) in [6.07, 6.45) is 7.34. The molecule has 0 aliphatic carbocycles. The molecule has 0 saturated carbocycles. The van der Waals surface area contributed by atoms with Crippen molar-refractivity contribution >= 4 is 18.1 Å². The fourth-order valence-corrected chi connectivity index (χ4v) is 3.12. The molecule has 6 heteroatoms. The molecule has 6 nitrogen and oxygen atoms in total. The lowest BCUT2D eigenvalue weighted by molar-refractivity contribution is -0.132. The molecule has 0 spiro atoms. The van der Waals surface area contributed by atoms with Crippen molar-refractivity contribution in [1.29, 1.82) is 0 Å². The van der Waals surface area contributed by atoms with E-state index < -0.39 is 0 Å². The summed E-state index contributed by atoms with van der Waals surface area (Å²) in [6.45, 7) is 6.45. The van der Waals surface area contributed by atoms with Crippen LogP contribution >= 0.6 is 0 Å². The first-order valence-electron chi connectivity index (χ1n) is 8.26. The van der Waals surface area contributed by atoms with Gasteiger partial charge in [0.05, 0.1) is 11.6 Å². The second-order valence-corrected chi connectivity index (χ2v) is 6.27. The number of aryl methyl sites for hydroxylation is 1. The van der Waals surface area contributed by atoms with Gasteiger partial charge in [0, 0.05) is 31.8 Å². The van der Waals surface area contributed by atoms with E-state index in [2.05, 4.69) is 15.2 Å². The Bertz CT molecular complexity index is 736. The molecule has 0 bridgehead atoms. The Morgan fingerprint density at radius 1 is 1.33 bits per heavy atom. The lowest BCUT2D eigenvalue weighted by Crippen LogP contribution is -2.44. The average Bonchev–Trinajstić information content (AvgIpc) is 3.03. The molecule has 3 heterocycles. The van der Waals surface area contributed by atoms with Crippen LogP contribution < -0.4 is 0 Å². The molecule has 1 saturated heterocycles. The number of piperidine rings is 1. The first-order valence-corrected chi connectivity index (χ1v) is 8.26. The van der Waals surface area contributed by atoms with Crippen molar-refractivity contribution in [2.75, 3.05) is 6.54 Å². The van der Waals surface area contributed by atoms with Crippen LogP contribution in [0.3, 0.4) is 0 Å². The maximum Gasteiger partial charge on any atom is 0.240 e. The minimum atomic E-state index is 0.0762. The molecule has 0 aromatic carbocycles. The molecule has 0 N–H and O–H groups in total. The normalized spacial score (nSPS) is 21.4. The number of rotatable bonds is 3. The Morgan fingerprint density at radius 2 is 2.17 bits per heavy atom. The average molecular weight is 326 g/mol. The number of pyridine rings is 1. The summed E-state index contributed by atoms with van der Waals surface area (Å²) in [5.74, 6) is 1.25. The third-order valence-corrected chi connectivity index (χ3v) is 4.50. The number of hydrogen-bond donors (Lipinski definition) is 0. The van der Waals surface area contributed by atoms with Crippen LogP contribution in [0.1, 0.15) is 55.6 Å². The monoisotopic (exact) mass is 326 g/mol. The van der Waals surface area contributed by atoms with Crippen LogP contribution in [0, 0.1) is 6.92 Å². The van der Waals surface area contributed by atoms with Crippen LogP contribution in [-0.2, 0) is 4.79 Å². The van der Waals surface area contributed by atoms with Crippen LogP contribution in [0.4, 0.5) is 0 Å². The molecule has 2 aromatic rings.